The molecule has 0 saturated heterocycles. The van der Waals surface area contributed by atoms with Gasteiger partial charge in [0.1, 0.15) is 33.3 Å². The minimum atomic E-state index is -4.89. The Labute approximate surface area is 240 Å². The van der Waals surface area contributed by atoms with Crippen LogP contribution in [0.4, 0.5) is 34.1 Å². The number of carbonyl (C=O) groups is 2. The largest absolute Gasteiger partial charge is 0.478 e. The monoisotopic (exact) mass is 624 g/mol. The molecule has 41 heavy (non-hydrogen) atoms. The second-order valence-electron chi connectivity index (χ2n) is 7.72. The summed E-state index contributed by atoms with van der Waals surface area (Å²) in [5, 5.41) is 36.9. The summed E-state index contributed by atoms with van der Waals surface area (Å²) in [6.07, 6.45) is 0. The molecule has 0 aliphatic heterocycles. The van der Waals surface area contributed by atoms with Crippen molar-refractivity contribution in [1.82, 2.24) is 0 Å². The average molecular weight is 625 g/mol. The average Bonchev–Trinajstić information content (AvgIpc) is 2.91. The fraction of sp³-hybridized carbons (Fsp3) is 0.0909. The first-order valence-electron chi connectivity index (χ1n) is 10.8. The molecule has 16 nitrogen and oxygen atoms in total. The number of nitrogens with two attached hydrogens (primary N) is 2. The molecule has 0 amide bonds. The lowest BCUT2D eigenvalue weighted by Gasteiger charge is -2.10. The van der Waals surface area contributed by atoms with Crippen LogP contribution in [0.2, 0.25) is 0 Å². The Morgan fingerprint density at radius 1 is 0.951 bits per heavy atom. The normalized spacial score (nSPS) is 11.8. The predicted octanol–water partition coefficient (Wildman–Crippen LogP) is 5.55. The Morgan fingerprint density at radius 2 is 1.59 bits per heavy atom. The van der Waals surface area contributed by atoms with Crippen LogP contribution >= 0.6 is 24.1 Å². The number of carboxylic acid groups (broad SMARTS) is 1. The Balaban J connectivity index is 1.97. The smallest absolute Gasteiger partial charge is 0.340 e. The number of rotatable bonds is 12. The lowest BCUT2D eigenvalue weighted by Crippen LogP contribution is -2.03. The van der Waals surface area contributed by atoms with E-state index in [0.29, 0.717) is 29.8 Å². The van der Waals surface area contributed by atoms with Crippen LogP contribution in [0.1, 0.15) is 15.9 Å². The van der Waals surface area contributed by atoms with Gasteiger partial charge in [0.15, 0.2) is 0 Å². The summed E-state index contributed by atoms with van der Waals surface area (Å²) in [4.78, 5) is 23.1. The maximum atomic E-state index is 12.2. The van der Waals surface area contributed by atoms with Gasteiger partial charge in [-0.2, -0.15) is 13.5 Å². The first kappa shape index (κ1) is 31.4. The van der Waals surface area contributed by atoms with Gasteiger partial charge in [-0.1, -0.05) is 22.7 Å². The van der Waals surface area contributed by atoms with Gasteiger partial charge in [-0.25, -0.2) is 10.1 Å². The zero-order chi connectivity index (χ0) is 30.2. The van der Waals surface area contributed by atoms with Crippen LogP contribution in [-0.2, 0) is 28.5 Å². The first-order chi connectivity index (χ1) is 19.4. The number of nitrogen functional groups attached to an aromatic ring is 2. The van der Waals surface area contributed by atoms with Gasteiger partial charge in [0.05, 0.1) is 29.1 Å². The molecule has 0 fully saturated rings. The molecule has 0 aliphatic rings. The maximum absolute atomic E-state index is 12.2. The third-order valence-electron chi connectivity index (χ3n) is 4.80. The highest BCUT2D eigenvalue weighted by atomic mass is 32.2. The molecule has 0 saturated carbocycles. The fourth-order valence-corrected chi connectivity index (χ4v) is 4.58. The van der Waals surface area contributed by atoms with E-state index < -0.39 is 43.9 Å². The van der Waals surface area contributed by atoms with Gasteiger partial charge in [0.2, 0.25) is 0 Å². The van der Waals surface area contributed by atoms with E-state index in [1.165, 1.54) is 12.1 Å². The van der Waals surface area contributed by atoms with Crippen molar-refractivity contribution in [2.75, 3.05) is 17.2 Å². The third kappa shape index (κ3) is 8.69. The van der Waals surface area contributed by atoms with E-state index in [2.05, 4.69) is 29.8 Å². The van der Waals surface area contributed by atoms with Gasteiger partial charge in [-0.3, -0.25) is 9.35 Å². The van der Waals surface area contributed by atoms with Gasteiger partial charge >= 0.3 is 11.9 Å². The van der Waals surface area contributed by atoms with Crippen LogP contribution in [0.3, 0.4) is 0 Å². The van der Waals surface area contributed by atoms with Crippen LogP contribution in [-0.4, -0.2) is 41.0 Å². The van der Waals surface area contributed by atoms with Crippen molar-refractivity contribution in [3.8, 4) is 0 Å². The van der Waals surface area contributed by atoms with E-state index in [0.717, 1.165) is 17.7 Å². The lowest BCUT2D eigenvalue weighted by molar-refractivity contribution is -0.432. The summed E-state index contributed by atoms with van der Waals surface area (Å²) in [5.74, 6) is -2.73. The number of aryl methyl sites for hydroxylation is 1. The second-order valence-corrected chi connectivity index (χ2v) is 10.6. The zero-order valence-electron chi connectivity index (χ0n) is 20.7. The van der Waals surface area contributed by atoms with Gasteiger partial charge in [0, 0.05) is 16.9 Å². The molecular formula is C22H20N6O10S3. The predicted molar refractivity (Wildman–Crippen MR) is 147 cm³/mol. The zero-order valence-corrected chi connectivity index (χ0v) is 23.1. The van der Waals surface area contributed by atoms with E-state index >= 15 is 0 Å². The highest BCUT2D eigenvalue weighted by Gasteiger charge is 2.23. The standard InChI is InChI=1S/C22H20N6O10S3/c1-11-2-4-12(5-3-11)25-27-20-14(23)9-15(24)21(19(20)22(30)31)28-26-16-7-6-13(8-17(16)41(33,34)35)40-36-18(29)10-39-38-37-32/h2-9,32H,10,23-24H2,1H3,(H,30,31)(H,33,34,35). The van der Waals surface area contributed by atoms with Crippen LogP contribution in [0.15, 0.2) is 78.8 Å². The van der Waals surface area contributed by atoms with Crippen LogP contribution in [0, 0.1) is 6.92 Å². The molecule has 3 aromatic rings. The molecule has 216 valence electrons. The van der Waals surface area contributed by atoms with E-state index in [4.69, 9.17) is 20.9 Å². The highest BCUT2D eigenvalue weighted by Crippen LogP contribution is 2.41. The SMILES string of the molecule is Cc1ccc(N=Nc2c(N)cc(N)c(N=Nc3ccc(SOC(=O)CSOOO)cc3S(=O)(=O)O)c2C(=O)O)cc1. The maximum Gasteiger partial charge on any atom is 0.340 e. The molecule has 0 heterocycles. The van der Waals surface area contributed by atoms with Crippen molar-refractivity contribution in [3.05, 3.63) is 59.7 Å². The van der Waals surface area contributed by atoms with E-state index in [9.17, 15) is 27.7 Å². The molecule has 3 rings (SSSR count). The number of aromatic carboxylic acids is 1. The molecule has 7 N–H and O–H groups in total. The van der Waals surface area contributed by atoms with Crippen LogP contribution in [0.25, 0.3) is 0 Å². The molecule has 0 spiro atoms. The molecule has 0 aliphatic carbocycles. The summed E-state index contributed by atoms with van der Waals surface area (Å²) in [6, 6.07) is 11.4. The number of carbonyl (C=O) groups excluding carboxylic acids is 1. The van der Waals surface area contributed by atoms with Crippen molar-refractivity contribution in [2.24, 2.45) is 20.5 Å². The van der Waals surface area contributed by atoms with Crippen LogP contribution < -0.4 is 11.5 Å². The molecular weight excluding hydrogens is 604 g/mol. The van der Waals surface area contributed by atoms with Gasteiger partial charge in [0.25, 0.3) is 10.1 Å². The number of hydrogen-bond acceptors (Lipinski definition) is 16. The lowest BCUT2D eigenvalue weighted by atomic mass is 10.1. The summed E-state index contributed by atoms with van der Waals surface area (Å²) in [7, 11) is -4.89. The molecule has 0 radical (unpaired) electrons. The van der Waals surface area contributed by atoms with Crippen molar-refractivity contribution in [2.45, 2.75) is 16.7 Å². The molecule has 0 aromatic heterocycles. The van der Waals surface area contributed by atoms with E-state index in [1.807, 2.05) is 6.92 Å². The third-order valence-corrected chi connectivity index (χ3v) is 6.91. The number of azo groups is 2. The van der Waals surface area contributed by atoms with Crippen molar-refractivity contribution in [3.63, 3.8) is 0 Å². The molecule has 19 heteroatoms. The fourth-order valence-electron chi connectivity index (χ4n) is 2.99. The van der Waals surface area contributed by atoms with Gasteiger partial charge in [-0.15, -0.1) is 19.7 Å². The summed E-state index contributed by atoms with van der Waals surface area (Å²) < 4.78 is 42.7. The second kappa shape index (κ2) is 14.0. The van der Waals surface area contributed by atoms with Gasteiger partial charge in [-0.05, 0) is 43.3 Å². The number of carboxylic acids is 1. The van der Waals surface area contributed by atoms with Crippen molar-refractivity contribution < 1.29 is 46.5 Å². The number of hydrogen-bond donors (Lipinski definition) is 5. The number of anilines is 2. The number of benzene rings is 3. The van der Waals surface area contributed by atoms with Gasteiger partial charge < -0.3 is 20.8 Å². The van der Waals surface area contributed by atoms with E-state index in [1.54, 1.807) is 24.3 Å². The number of nitrogens with zero attached hydrogens (tertiary/aromatic N) is 4. The molecule has 0 atom stereocenters. The summed E-state index contributed by atoms with van der Waals surface area (Å²) in [5.41, 5.74) is 11.4. The summed E-state index contributed by atoms with van der Waals surface area (Å²) >= 11 is 0.876. The van der Waals surface area contributed by atoms with E-state index in [-0.39, 0.29) is 27.7 Å². The topological polar surface area (TPSA) is 258 Å². The minimum absolute atomic E-state index is 0.0614. The molecule has 0 unspecified atom stereocenters. The molecule has 3 aromatic carbocycles. The summed E-state index contributed by atoms with van der Waals surface area (Å²) in [6.45, 7) is 1.88. The minimum Gasteiger partial charge on any atom is -0.478 e. The highest BCUT2D eigenvalue weighted by molar-refractivity contribution is 7.96. The molecule has 0 bridgehead atoms. The Bertz CT molecular complexity index is 1620. The Hall–Kier alpha value is -4.11. The first-order valence-corrected chi connectivity index (χ1v) is 13.9. The van der Waals surface area contributed by atoms with Crippen molar-refractivity contribution in [1.29, 1.82) is 0 Å². The van der Waals surface area contributed by atoms with Crippen LogP contribution in [0.5, 0.6) is 0 Å². The Morgan fingerprint density at radius 3 is 2.17 bits per heavy atom. The quantitative estimate of drug-likeness (QED) is 0.0314. The Kier molecular flexibility index (Phi) is 10.7. The van der Waals surface area contributed by atoms with Crippen molar-refractivity contribution >= 4 is 80.3 Å².